The minimum Gasteiger partial charge on any atom is -0.497 e. The molecule has 0 spiro atoms. The number of ether oxygens (including phenoxy) is 1. The molecule has 0 atom stereocenters. The van der Waals surface area contributed by atoms with Crippen molar-refractivity contribution in [3.63, 3.8) is 0 Å². The Kier molecular flexibility index (Phi) is 6.87. The summed E-state index contributed by atoms with van der Waals surface area (Å²) in [5.41, 5.74) is 1.86. The molecule has 0 unspecified atom stereocenters. The molecule has 7 heteroatoms. The molecule has 0 bridgehead atoms. The number of aryl methyl sites for hydroxylation is 3. The van der Waals surface area contributed by atoms with E-state index in [9.17, 15) is 14.4 Å². The van der Waals surface area contributed by atoms with Gasteiger partial charge in [0.1, 0.15) is 17.1 Å². The Hall–Kier alpha value is -3.87. The topological polar surface area (TPSA) is 97.6 Å². The highest BCUT2D eigenvalue weighted by molar-refractivity contribution is 6.05. The maximum atomic E-state index is 12.6. The first-order valence-corrected chi connectivity index (χ1v) is 9.81. The van der Waals surface area contributed by atoms with E-state index in [4.69, 9.17) is 9.15 Å². The Labute approximate surface area is 180 Å². The number of rotatable bonds is 7. The maximum Gasteiger partial charge on any atom is 0.349 e. The molecule has 1 heterocycles. The lowest BCUT2D eigenvalue weighted by molar-refractivity contribution is 0.0962. The number of hydrogen-bond donors (Lipinski definition) is 2. The van der Waals surface area contributed by atoms with Gasteiger partial charge in [0.05, 0.1) is 7.11 Å². The van der Waals surface area contributed by atoms with E-state index in [0.717, 1.165) is 11.3 Å². The Morgan fingerprint density at radius 3 is 2.23 bits per heavy atom. The summed E-state index contributed by atoms with van der Waals surface area (Å²) in [6, 6.07) is 15.8. The van der Waals surface area contributed by atoms with Gasteiger partial charge >= 0.3 is 5.63 Å². The molecule has 0 radical (unpaired) electrons. The van der Waals surface area contributed by atoms with Crippen LogP contribution in [0.4, 0.5) is 5.69 Å². The minimum absolute atomic E-state index is 0.0384. The molecule has 2 amide bonds. The normalized spacial score (nSPS) is 10.4. The van der Waals surface area contributed by atoms with Crippen molar-refractivity contribution >= 4 is 17.5 Å². The second kappa shape index (κ2) is 9.75. The summed E-state index contributed by atoms with van der Waals surface area (Å²) >= 11 is 0. The number of nitrogens with one attached hydrogen (secondary N) is 2. The molecule has 2 N–H and O–H groups in total. The molecule has 3 rings (SSSR count). The zero-order valence-corrected chi connectivity index (χ0v) is 17.7. The minimum atomic E-state index is -0.677. The molecule has 0 aliphatic heterocycles. The molecule has 2 aromatic carbocycles. The van der Waals surface area contributed by atoms with Crippen molar-refractivity contribution in [3.05, 3.63) is 93.0 Å². The molecular weight excluding hydrogens is 396 g/mol. The van der Waals surface area contributed by atoms with Crippen molar-refractivity contribution in [2.75, 3.05) is 19.5 Å². The van der Waals surface area contributed by atoms with E-state index in [1.165, 1.54) is 0 Å². The van der Waals surface area contributed by atoms with Gasteiger partial charge in [0.15, 0.2) is 0 Å². The molecule has 160 valence electrons. The van der Waals surface area contributed by atoms with Crippen molar-refractivity contribution < 1.29 is 18.7 Å². The smallest absolute Gasteiger partial charge is 0.349 e. The zero-order valence-electron chi connectivity index (χ0n) is 17.7. The van der Waals surface area contributed by atoms with Crippen LogP contribution >= 0.6 is 0 Å². The van der Waals surface area contributed by atoms with Gasteiger partial charge in [-0.3, -0.25) is 9.59 Å². The Bertz CT molecular complexity index is 1130. The summed E-state index contributed by atoms with van der Waals surface area (Å²) in [4.78, 5) is 36.7. The lowest BCUT2D eigenvalue weighted by Crippen LogP contribution is -2.23. The Morgan fingerprint density at radius 2 is 1.65 bits per heavy atom. The highest BCUT2D eigenvalue weighted by Crippen LogP contribution is 2.16. The molecule has 0 aliphatic rings. The van der Waals surface area contributed by atoms with Crippen molar-refractivity contribution in [2.45, 2.75) is 19.8 Å². The first-order valence-electron chi connectivity index (χ1n) is 9.81. The van der Waals surface area contributed by atoms with Crippen LogP contribution in [0.5, 0.6) is 5.75 Å². The van der Waals surface area contributed by atoms with Gasteiger partial charge in [0, 0.05) is 24.7 Å². The average Bonchev–Trinajstić information content (AvgIpc) is 2.77. The van der Waals surface area contributed by atoms with E-state index in [-0.39, 0.29) is 11.5 Å². The van der Waals surface area contributed by atoms with E-state index in [2.05, 4.69) is 10.6 Å². The quantitative estimate of drug-likeness (QED) is 0.611. The van der Waals surface area contributed by atoms with Crippen molar-refractivity contribution in [1.29, 1.82) is 0 Å². The summed E-state index contributed by atoms with van der Waals surface area (Å²) < 4.78 is 10.5. The molecule has 3 aromatic rings. The highest BCUT2D eigenvalue weighted by atomic mass is 16.5. The predicted molar refractivity (Wildman–Crippen MR) is 118 cm³/mol. The largest absolute Gasteiger partial charge is 0.497 e. The molecule has 0 saturated heterocycles. The van der Waals surface area contributed by atoms with E-state index in [0.29, 0.717) is 35.4 Å². The van der Waals surface area contributed by atoms with Crippen LogP contribution in [0.2, 0.25) is 0 Å². The molecule has 0 saturated carbocycles. The van der Waals surface area contributed by atoms with Crippen LogP contribution in [-0.4, -0.2) is 26.0 Å². The van der Waals surface area contributed by atoms with Gasteiger partial charge in [-0.25, -0.2) is 4.79 Å². The van der Waals surface area contributed by atoms with Crippen molar-refractivity contribution in [3.8, 4) is 5.75 Å². The summed E-state index contributed by atoms with van der Waals surface area (Å²) in [5, 5.41) is 5.20. The molecule has 31 heavy (non-hydrogen) atoms. The second-order valence-electron chi connectivity index (χ2n) is 7.02. The first-order chi connectivity index (χ1) is 14.9. The number of anilines is 1. The molecule has 1 aromatic heterocycles. The third-order valence-electron chi connectivity index (χ3n) is 4.88. The monoisotopic (exact) mass is 420 g/mol. The van der Waals surface area contributed by atoms with Gasteiger partial charge in [-0.1, -0.05) is 12.1 Å². The van der Waals surface area contributed by atoms with Gasteiger partial charge < -0.3 is 19.8 Å². The van der Waals surface area contributed by atoms with E-state index in [1.807, 2.05) is 24.3 Å². The van der Waals surface area contributed by atoms with Gasteiger partial charge in [0.25, 0.3) is 11.8 Å². The summed E-state index contributed by atoms with van der Waals surface area (Å²) in [7, 11) is 3.16. The summed E-state index contributed by atoms with van der Waals surface area (Å²) in [6.45, 7) is 1.71. The van der Waals surface area contributed by atoms with Crippen LogP contribution in [0.15, 0.2) is 63.8 Å². The standard InChI is InChI=1S/C24H24N2O5/c1-15-14-20(13-6-16-4-11-19(30-3)12-5-16)31-24(29)21(15)23(28)26-18-9-7-17(8-10-18)22(27)25-2/h4-5,7-12,14H,6,13H2,1-3H3,(H,25,27)(H,26,28). The fourth-order valence-corrected chi connectivity index (χ4v) is 3.17. The van der Waals surface area contributed by atoms with Crippen LogP contribution in [-0.2, 0) is 12.8 Å². The van der Waals surface area contributed by atoms with Crippen molar-refractivity contribution in [1.82, 2.24) is 5.32 Å². The average molecular weight is 420 g/mol. The SMILES string of the molecule is CNC(=O)c1ccc(NC(=O)c2c(C)cc(CCc3ccc(OC)cc3)oc2=O)cc1. The molecule has 0 aliphatic carbocycles. The van der Waals surface area contributed by atoms with Crippen LogP contribution in [0.3, 0.4) is 0 Å². The predicted octanol–water partition coefficient (Wildman–Crippen LogP) is 3.35. The highest BCUT2D eigenvalue weighted by Gasteiger charge is 2.17. The maximum absolute atomic E-state index is 12.6. The lowest BCUT2D eigenvalue weighted by atomic mass is 10.1. The number of carbonyl (C=O) groups excluding carboxylic acids is 2. The lowest BCUT2D eigenvalue weighted by Gasteiger charge is -2.09. The summed E-state index contributed by atoms with van der Waals surface area (Å²) in [6.07, 6.45) is 1.22. The van der Waals surface area contributed by atoms with Gasteiger partial charge in [-0.05, 0) is 66.9 Å². The number of benzene rings is 2. The van der Waals surface area contributed by atoms with Crippen LogP contribution < -0.4 is 21.0 Å². The van der Waals surface area contributed by atoms with Crippen molar-refractivity contribution in [2.24, 2.45) is 0 Å². The Balaban J connectivity index is 1.69. The molecular formula is C24H24N2O5. The third-order valence-corrected chi connectivity index (χ3v) is 4.88. The third kappa shape index (κ3) is 5.39. The van der Waals surface area contributed by atoms with Crippen LogP contribution in [0.1, 0.15) is 37.6 Å². The molecule has 0 fully saturated rings. The van der Waals surface area contributed by atoms with Gasteiger partial charge in [-0.2, -0.15) is 0 Å². The van der Waals surface area contributed by atoms with E-state index < -0.39 is 11.5 Å². The number of methoxy groups -OCH3 is 1. The van der Waals surface area contributed by atoms with E-state index in [1.54, 1.807) is 51.4 Å². The fourth-order valence-electron chi connectivity index (χ4n) is 3.17. The fraction of sp³-hybridized carbons (Fsp3) is 0.208. The number of hydrogen-bond acceptors (Lipinski definition) is 5. The molecule has 7 nitrogen and oxygen atoms in total. The van der Waals surface area contributed by atoms with Gasteiger partial charge in [-0.15, -0.1) is 0 Å². The summed E-state index contributed by atoms with van der Waals surface area (Å²) in [5.74, 6) is 0.523. The Morgan fingerprint density at radius 1 is 0.968 bits per heavy atom. The second-order valence-corrected chi connectivity index (χ2v) is 7.02. The van der Waals surface area contributed by atoms with Gasteiger partial charge in [0.2, 0.25) is 0 Å². The van der Waals surface area contributed by atoms with E-state index >= 15 is 0 Å². The number of carbonyl (C=O) groups is 2. The number of amides is 2. The van der Waals surface area contributed by atoms with Crippen LogP contribution in [0.25, 0.3) is 0 Å². The zero-order chi connectivity index (χ0) is 22.4. The van der Waals surface area contributed by atoms with Crippen LogP contribution in [0, 0.1) is 6.92 Å². The first kappa shape index (κ1) is 21.8.